The lowest BCUT2D eigenvalue weighted by atomic mass is 10.1. The summed E-state index contributed by atoms with van der Waals surface area (Å²) in [7, 11) is 0. The molecule has 0 unspecified atom stereocenters. The first-order chi connectivity index (χ1) is 13.4. The number of nitrogens with one attached hydrogen (secondary N) is 2. The van der Waals surface area contributed by atoms with Crippen LogP contribution in [0.15, 0.2) is 54.6 Å². The molecule has 0 fully saturated rings. The van der Waals surface area contributed by atoms with Crippen LogP contribution in [0.4, 0.5) is 11.6 Å². The second-order valence-corrected chi connectivity index (χ2v) is 6.65. The summed E-state index contributed by atoms with van der Waals surface area (Å²) in [6.07, 6.45) is 0. The SMILES string of the molecule is CC(=O)c1cccc(NC(=O)c2cc(C)nc(NCc3cccc(C)c3)n2)c1. The molecule has 0 aliphatic carbocycles. The lowest BCUT2D eigenvalue weighted by Gasteiger charge is -2.10. The largest absolute Gasteiger partial charge is 0.350 e. The standard InChI is InChI=1S/C22H22N4O2/c1-14-6-4-7-17(10-14)13-23-22-24-15(2)11-20(26-22)21(28)25-19-9-5-8-18(12-19)16(3)27/h4-12H,13H2,1-3H3,(H,25,28)(H,23,24,26). The normalized spacial score (nSPS) is 10.4. The van der Waals surface area contributed by atoms with Crippen LogP contribution in [0.3, 0.4) is 0 Å². The molecule has 1 amide bonds. The molecule has 0 bridgehead atoms. The number of aromatic nitrogens is 2. The summed E-state index contributed by atoms with van der Waals surface area (Å²) in [5, 5.41) is 5.95. The van der Waals surface area contributed by atoms with Crippen LogP contribution in [-0.4, -0.2) is 21.7 Å². The van der Waals surface area contributed by atoms with Gasteiger partial charge in [0.2, 0.25) is 5.95 Å². The predicted molar refractivity (Wildman–Crippen MR) is 110 cm³/mol. The molecule has 3 rings (SSSR count). The van der Waals surface area contributed by atoms with Crippen molar-refractivity contribution in [2.24, 2.45) is 0 Å². The summed E-state index contributed by atoms with van der Waals surface area (Å²) < 4.78 is 0. The maximum atomic E-state index is 12.6. The molecule has 0 aliphatic rings. The fourth-order valence-electron chi connectivity index (χ4n) is 2.78. The number of hydrogen-bond acceptors (Lipinski definition) is 5. The second kappa shape index (κ2) is 8.43. The van der Waals surface area contributed by atoms with E-state index in [0.717, 1.165) is 5.56 Å². The molecule has 0 saturated carbocycles. The zero-order valence-corrected chi connectivity index (χ0v) is 16.1. The van der Waals surface area contributed by atoms with Crippen LogP contribution in [0, 0.1) is 13.8 Å². The van der Waals surface area contributed by atoms with Crippen molar-refractivity contribution in [1.29, 1.82) is 0 Å². The van der Waals surface area contributed by atoms with Crippen molar-refractivity contribution in [3.8, 4) is 0 Å². The molecule has 1 aromatic heterocycles. The van der Waals surface area contributed by atoms with Crippen LogP contribution in [0.2, 0.25) is 0 Å². The Morgan fingerprint density at radius 3 is 2.50 bits per heavy atom. The van der Waals surface area contributed by atoms with Gasteiger partial charge in [-0.15, -0.1) is 0 Å². The van der Waals surface area contributed by atoms with Crippen LogP contribution in [-0.2, 0) is 6.54 Å². The molecule has 0 radical (unpaired) electrons. The third-order valence-corrected chi connectivity index (χ3v) is 4.15. The van der Waals surface area contributed by atoms with Crippen molar-refractivity contribution < 1.29 is 9.59 Å². The number of rotatable bonds is 6. The highest BCUT2D eigenvalue weighted by Gasteiger charge is 2.12. The number of benzene rings is 2. The van der Waals surface area contributed by atoms with Crippen molar-refractivity contribution >= 4 is 23.3 Å². The zero-order valence-electron chi connectivity index (χ0n) is 16.1. The number of amides is 1. The number of nitrogens with zero attached hydrogens (tertiary/aromatic N) is 2. The molecule has 2 N–H and O–H groups in total. The topological polar surface area (TPSA) is 84.0 Å². The highest BCUT2D eigenvalue weighted by Crippen LogP contribution is 2.14. The van der Waals surface area contributed by atoms with E-state index in [0.29, 0.717) is 29.4 Å². The Morgan fingerprint density at radius 1 is 0.964 bits per heavy atom. The van der Waals surface area contributed by atoms with Gasteiger partial charge >= 0.3 is 0 Å². The number of ketones is 1. The van der Waals surface area contributed by atoms with Crippen molar-refractivity contribution in [1.82, 2.24) is 9.97 Å². The minimum Gasteiger partial charge on any atom is -0.350 e. The number of Topliss-reactive ketones (excluding diaryl/α,β-unsaturated/α-hetero) is 1. The molecule has 0 spiro atoms. The van der Waals surface area contributed by atoms with Crippen LogP contribution in [0.5, 0.6) is 0 Å². The third kappa shape index (κ3) is 5.01. The van der Waals surface area contributed by atoms with Gasteiger partial charge in [-0.2, -0.15) is 0 Å². The van der Waals surface area contributed by atoms with Gasteiger partial charge in [0.05, 0.1) is 0 Å². The van der Waals surface area contributed by atoms with Crippen molar-refractivity contribution in [2.75, 3.05) is 10.6 Å². The Kier molecular flexibility index (Phi) is 5.79. The van der Waals surface area contributed by atoms with E-state index in [4.69, 9.17) is 0 Å². The number of aryl methyl sites for hydroxylation is 2. The lowest BCUT2D eigenvalue weighted by Crippen LogP contribution is -2.16. The third-order valence-electron chi connectivity index (χ3n) is 4.15. The smallest absolute Gasteiger partial charge is 0.274 e. The molecule has 0 aliphatic heterocycles. The molecule has 142 valence electrons. The van der Waals surface area contributed by atoms with Gasteiger partial charge in [0, 0.05) is 23.5 Å². The van der Waals surface area contributed by atoms with Crippen LogP contribution in [0.25, 0.3) is 0 Å². The molecule has 0 saturated heterocycles. The number of carbonyl (C=O) groups excluding carboxylic acids is 2. The van der Waals surface area contributed by atoms with E-state index in [1.807, 2.05) is 32.0 Å². The van der Waals surface area contributed by atoms with E-state index in [-0.39, 0.29) is 17.4 Å². The van der Waals surface area contributed by atoms with Crippen molar-refractivity contribution in [3.63, 3.8) is 0 Å². The summed E-state index contributed by atoms with van der Waals surface area (Å²) in [5.41, 5.74) is 4.31. The predicted octanol–water partition coefficient (Wildman–Crippen LogP) is 4.16. The molecule has 1 heterocycles. The van der Waals surface area contributed by atoms with Gasteiger partial charge in [0.25, 0.3) is 5.91 Å². The summed E-state index contributed by atoms with van der Waals surface area (Å²) in [6, 6.07) is 16.6. The molecule has 28 heavy (non-hydrogen) atoms. The monoisotopic (exact) mass is 374 g/mol. The maximum Gasteiger partial charge on any atom is 0.274 e. The van der Waals surface area contributed by atoms with E-state index in [1.165, 1.54) is 12.5 Å². The average Bonchev–Trinajstić information content (AvgIpc) is 2.66. The minimum absolute atomic E-state index is 0.0587. The van der Waals surface area contributed by atoms with Gasteiger partial charge in [-0.3, -0.25) is 9.59 Å². The molecule has 3 aromatic rings. The molecule has 2 aromatic carbocycles. The van der Waals surface area contributed by atoms with Gasteiger partial charge in [-0.1, -0.05) is 42.0 Å². The van der Waals surface area contributed by atoms with Crippen LogP contribution in [0.1, 0.15) is 44.6 Å². The number of anilines is 2. The first-order valence-electron chi connectivity index (χ1n) is 8.98. The summed E-state index contributed by atoms with van der Waals surface area (Å²) in [5.74, 6) is -0.0226. The molecule has 6 nitrogen and oxygen atoms in total. The van der Waals surface area contributed by atoms with Gasteiger partial charge in [-0.25, -0.2) is 9.97 Å². The number of hydrogen-bond donors (Lipinski definition) is 2. The Labute approximate surface area is 164 Å². The average molecular weight is 374 g/mol. The van der Waals surface area contributed by atoms with Crippen LogP contribution >= 0.6 is 0 Å². The quantitative estimate of drug-likeness (QED) is 0.633. The Hall–Kier alpha value is -3.54. The van der Waals surface area contributed by atoms with E-state index < -0.39 is 0 Å². The van der Waals surface area contributed by atoms with E-state index in [2.05, 4.69) is 26.7 Å². The van der Waals surface area contributed by atoms with E-state index >= 15 is 0 Å². The minimum atomic E-state index is -0.357. The van der Waals surface area contributed by atoms with Gasteiger partial charge in [0.15, 0.2) is 5.78 Å². The molecule has 0 atom stereocenters. The summed E-state index contributed by atoms with van der Waals surface area (Å²) >= 11 is 0. The summed E-state index contributed by atoms with van der Waals surface area (Å²) in [6.45, 7) is 5.90. The molecular weight excluding hydrogens is 352 g/mol. The summed E-state index contributed by atoms with van der Waals surface area (Å²) in [4.78, 5) is 32.8. The zero-order chi connectivity index (χ0) is 20.1. The van der Waals surface area contributed by atoms with Gasteiger partial charge in [0.1, 0.15) is 5.69 Å². The highest BCUT2D eigenvalue weighted by molar-refractivity contribution is 6.04. The first-order valence-corrected chi connectivity index (χ1v) is 8.98. The Bertz CT molecular complexity index is 1030. The Balaban J connectivity index is 1.74. The van der Waals surface area contributed by atoms with E-state index in [1.54, 1.807) is 30.3 Å². The molecular formula is C22H22N4O2. The maximum absolute atomic E-state index is 12.6. The second-order valence-electron chi connectivity index (χ2n) is 6.65. The van der Waals surface area contributed by atoms with Crippen LogP contribution < -0.4 is 10.6 Å². The molecule has 6 heteroatoms. The first kappa shape index (κ1) is 19.2. The van der Waals surface area contributed by atoms with E-state index in [9.17, 15) is 9.59 Å². The van der Waals surface area contributed by atoms with Gasteiger partial charge < -0.3 is 10.6 Å². The van der Waals surface area contributed by atoms with Crippen molar-refractivity contribution in [3.05, 3.63) is 82.7 Å². The fraction of sp³-hybridized carbons (Fsp3) is 0.182. The number of carbonyl (C=O) groups is 2. The fourth-order valence-corrected chi connectivity index (χ4v) is 2.78. The highest BCUT2D eigenvalue weighted by atomic mass is 16.2. The Morgan fingerprint density at radius 2 is 1.75 bits per heavy atom. The lowest BCUT2D eigenvalue weighted by molar-refractivity contribution is 0.100. The van der Waals surface area contributed by atoms with Gasteiger partial charge in [-0.05, 0) is 44.5 Å². The van der Waals surface area contributed by atoms with Crippen molar-refractivity contribution in [2.45, 2.75) is 27.3 Å².